The summed E-state index contributed by atoms with van der Waals surface area (Å²) < 4.78 is 8.43. The summed E-state index contributed by atoms with van der Waals surface area (Å²) in [5.74, 6) is 0. The molecule has 0 N–H and O–H groups in total. The molecule has 3 aromatic heterocycles. The molecule has 3 heterocycles. The van der Waals surface area contributed by atoms with Crippen molar-refractivity contribution in [2.24, 2.45) is 0 Å². The van der Waals surface area contributed by atoms with Crippen molar-refractivity contribution in [2.75, 3.05) is 4.90 Å². The van der Waals surface area contributed by atoms with Gasteiger partial charge in [0.25, 0.3) is 0 Å². The normalized spacial score (nSPS) is 12.4. The molecule has 57 heavy (non-hydrogen) atoms. The molecule has 0 atom stereocenters. The summed E-state index contributed by atoms with van der Waals surface area (Å²) in [6.07, 6.45) is 5.96. The Kier molecular flexibility index (Phi) is 6.78. The van der Waals surface area contributed by atoms with Gasteiger partial charge >= 0.3 is 0 Å². The quantitative estimate of drug-likeness (QED) is 0.126. The topological polar surface area (TPSA) is 20.8 Å². The van der Waals surface area contributed by atoms with E-state index in [9.17, 15) is 0 Å². The van der Waals surface area contributed by atoms with Gasteiger partial charge in [0.1, 0.15) is 5.58 Å². The van der Waals surface area contributed by atoms with Gasteiger partial charge in [0.05, 0.1) is 22.8 Å². The molecule has 0 aliphatic heterocycles. The zero-order chi connectivity index (χ0) is 37.6. The fourth-order valence-corrected chi connectivity index (χ4v) is 9.39. The van der Waals surface area contributed by atoms with Crippen molar-refractivity contribution in [3.05, 3.63) is 206 Å². The molecule has 0 fully saturated rings. The summed E-state index contributed by atoms with van der Waals surface area (Å²) in [7, 11) is 0. The van der Waals surface area contributed by atoms with Crippen LogP contribution in [0.3, 0.4) is 0 Å². The van der Waals surface area contributed by atoms with Crippen LogP contribution in [-0.2, 0) is 0 Å². The second kappa shape index (κ2) is 12.2. The van der Waals surface area contributed by atoms with E-state index in [-0.39, 0.29) is 0 Å². The molecule has 12 rings (SSSR count). The van der Waals surface area contributed by atoms with E-state index in [1.807, 2.05) is 24.5 Å². The van der Waals surface area contributed by atoms with E-state index < -0.39 is 0 Å². The Balaban J connectivity index is 1.06. The van der Waals surface area contributed by atoms with Gasteiger partial charge < -0.3 is 13.7 Å². The van der Waals surface area contributed by atoms with Crippen LogP contribution in [0.4, 0.5) is 11.4 Å². The third kappa shape index (κ3) is 4.66. The Morgan fingerprint density at radius 2 is 0.965 bits per heavy atom. The standard InChI is InChI=1S/C54H34N2O/c1-2-37(29-36-33-57-53-22-12-9-13-40(36)53)55(39-27-28-45-43-16-4-3-14-41(43)42-15-5-6-17-44(42)48(45)32-39)38-25-23-34(24-26-38)35-30-49-46-18-7-10-20-51(46)56-52-21-11-8-19-47(52)50(31-35)54(49)56/h2-33H,1H2. The van der Waals surface area contributed by atoms with E-state index in [0.717, 1.165) is 33.6 Å². The maximum Gasteiger partial charge on any atom is 0.134 e. The van der Waals surface area contributed by atoms with Crippen molar-refractivity contribution in [2.45, 2.75) is 0 Å². The number of allylic oxidation sites excluding steroid dienone is 1. The molecule has 3 nitrogen and oxygen atoms in total. The van der Waals surface area contributed by atoms with Crippen molar-refractivity contribution in [3.63, 3.8) is 0 Å². The summed E-state index contributed by atoms with van der Waals surface area (Å²) in [6.45, 7) is 4.36. The van der Waals surface area contributed by atoms with Crippen LogP contribution in [0.2, 0.25) is 0 Å². The number of hydrogen-bond acceptors (Lipinski definition) is 2. The Bertz CT molecular complexity index is 3480. The lowest BCUT2D eigenvalue weighted by molar-refractivity contribution is 0.615. The Morgan fingerprint density at radius 3 is 1.58 bits per heavy atom. The second-order valence-corrected chi connectivity index (χ2v) is 15.0. The van der Waals surface area contributed by atoms with Gasteiger partial charge in [0.15, 0.2) is 0 Å². The number of anilines is 2. The first-order valence-electron chi connectivity index (χ1n) is 19.4. The molecule has 0 bridgehead atoms. The van der Waals surface area contributed by atoms with E-state index in [1.54, 1.807) is 0 Å². The molecular weight excluding hydrogens is 693 g/mol. The third-order valence-electron chi connectivity index (χ3n) is 11.9. The lowest BCUT2D eigenvalue weighted by Gasteiger charge is -2.27. The molecule has 0 spiro atoms. The van der Waals surface area contributed by atoms with Gasteiger partial charge in [0, 0.05) is 49.6 Å². The van der Waals surface area contributed by atoms with E-state index in [0.29, 0.717) is 0 Å². The predicted molar refractivity (Wildman–Crippen MR) is 242 cm³/mol. The van der Waals surface area contributed by atoms with Crippen molar-refractivity contribution in [1.29, 1.82) is 0 Å². The maximum atomic E-state index is 5.99. The van der Waals surface area contributed by atoms with E-state index in [4.69, 9.17) is 4.42 Å². The average Bonchev–Trinajstić information content (AvgIpc) is 3.95. The monoisotopic (exact) mass is 726 g/mol. The van der Waals surface area contributed by atoms with E-state index in [1.165, 1.54) is 81.5 Å². The summed E-state index contributed by atoms with van der Waals surface area (Å²) in [4.78, 5) is 2.31. The van der Waals surface area contributed by atoms with Crippen LogP contribution >= 0.6 is 0 Å². The first kappa shape index (κ1) is 31.7. The van der Waals surface area contributed by atoms with Gasteiger partial charge in [0.2, 0.25) is 0 Å². The van der Waals surface area contributed by atoms with Gasteiger partial charge in [-0.2, -0.15) is 0 Å². The lowest BCUT2D eigenvalue weighted by atomic mass is 9.94. The van der Waals surface area contributed by atoms with Crippen LogP contribution in [-0.4, -0.2) is 4.40 Å². The molecule has 0 aliphatic carbocycles. The van der Waals surface area contributed by atoms with Gasteiger partial charge in [-0.05, 0) is 110 Å². The Labute approximate surface area is 328 Å². The second-order valence-electron chi connectivity index (χ2n) is 15.0. The highest BCUT2D eigenvalue weighted by Gasteiger charge is 2.20. The molecule has 0 radical (unpaired) electrons. The number of fused-ring (bicyclic) bond motifs is 13. The minimum absolute atomic E-state index is 0.859. The van der Waals surface area contributed by atoms with E-state index in [2.05, 4.69) is 186 Å². The van der Waals surface area contributed by atoms with Crippen LogP contribution in [0.5, 0.6) is 0 Å². The number of hydrogen-bond donors (Lipinski definition) is 0. The number of furan rings is 1. The third-order valence-corrected chi connectivity index (χ3v) is 11.9. The summed E-state index contributed by atoms with van der Waals surface area (Å²) in [6, 6.07) is 63.8. The van der Waals surface area contributed by atoms with Gasteiger partial charge in [-0.1, -0.05) is 128 Å². The molecule has 0 saturated carbocycles. The van der Waals surface area contributed by atoms with Crippen molar-refractivity contribution in [3.8, 4) is 11.1 Å². The first-order chi connectivity index (χ1) is 28.2. The van der Waals surface area contributed by atoms with Crippen molar-refractivity contribution in [1.82, 2.24) is 4.40 Å². The SMILES string of the molecule is C=CC(=Cc1coc2ccccc12)N(c1ccc(-c2cc3c4ccccc4n4c5ccccc5c(c2)c34)cc1)c1ccc2c3ccccc3c3ccccc3c2c1. The zero-order valence-electron chi connectivity index (χ0n) is 31.0. The van der Waals surface area contributed by atoms with Gasteiger partial charge in [-0.25, -0.2) is 0 Å². The maximum absolute atomic E-state index is 5.99. The fourth-order valence-electron chi connectivity index (χ4n) is 9.39. The minimum Gasteiger partial charge on any atom is -0.464 e. The molecule has 0 amide bonds. The van der Waals surface area contributed by atoms with Crippen LogP contribution < -0.4 is 4.90 Å². The van der Waals surface area contributed by atoms with E-state index >= 15 is 0 Å². The largest absolute Gasteiger partial charge is 0.464 e. The van der Waals surface area contributed by atoms with Gasteiger partial charge in [-0.15, -0.1) is 0 Å². The van der Waals surface area contributed by atoms with Gasteiger partial charge in [-0.3, -0.25) is 0 Å². The highest BCUT2D eigenvalue weighted by atomic mass is 16.3. The molecular formula is C54H34N2O. The average molecular weight is 727 g/mol. The number of aromatic nitrogens is 1. The minimum atomic E-state index is 0.859. The molecule has 3 heteroatoms. The smallest absolute Gasteiger partial charge is 0.134 e. The predicted octanol–water partition coefficient (Wildman–Crippen LogP) is 15.1. The first-order valence-corrected chi connectivity index (χ1v) is 19.4. The fraction of sp³-hybridized carbons (Fsp3) is 0. The summed E-state index contributed by atoms with van der Waals surface area (Å²) in [5, 5.41) is 13.6. The van der Waals surface area contributed by atoms with Crippen LogP contribution in [0.15, 0.2) is 205 Å². The molecule has 0 saturated heterocycles. The Morgan fingerprint density at radius 1 is 0.456 bits per heavy atom. The van der Waals surface area contributed by atoms with Crippen LogP contribution in [0.25, 0.3) is 98.6 Å². The molecule has 9 aromatic carbocycles. The number of benzene rings is 9. The molecule has 0 aliphatic rings. The van der Waals surface area contributed by atoms with Crippen molar-refractivity contribution >= 4 is 98.8 Å². The molecule has 0 unspecified atom stereocenters. The number of para-hydroxylation sites is 3. The molecule has 12 aromatic rings. The summed E-state index contributed by atoms with van der Waals surface area (Å²) >= 11 is 0. The zero-order valence-corrected chi connectivity index (χ0v) is 31.0. The molecule has 266 valence electrons. The van der Waals surface area contributed by atoms with Crippen molar-refractivity contribution < 1.29 is 4.42 Å². The van der Waals surface area contributed by atoms with Crippen LogP contribution in [0, 0.1) is 0 Å². The summed E-state index contributed by atoms with van der Waals surface area (Å²) in [5.41, 5.74) is 11.0. The number of rotatable bonds is 6. The van der Waals surface area contributed by atoms with Crippen LogP contribution in [0.1, 0.15) is 5.56 Å². The Hall–Kier alpha value is -7.62. The highest BCUT2D eigenvalue weighted by Crippen LogP contribution is 2.43. The highest BCUT2D eigenvalue weighted by molar-refractivity contribution is 6.26. The lowest BCUT2D eigenvalue weighted by Crippen LogP contribution is -2.15. The number of nitrogens with zero attached hydrogens (tertiary/aromatic N) is 2.